The predicted octanol–water partition coefficient (Wildman–Crippen LogP) is 3.31. The number of furan rings is 1. The minimum atomic E-state index is -4.69. The van der Waals surface area contributed by atoms with Gasteiger partial charge < -0.3 is 9.73 Å². The van der Waals surface area contributed by atoms with Gasteiger partial charge in [-0.2, -0.15) is 18.3 Å². The van der Waals surface area contributed by atoms with E-state index in [0.717, 1.165) is 0 Å². The van der Waals surface area contributed by atoms with E-state index in [1.165, 1.54) is 17.9 Å². The van der Waals surface area contributed by atoms with Gasteiger partial charge in [0, 0.05) is 11.7 Å². The molecule has 0 atom stereocenters. The summed E-state index contributed by atoms with van der Waals surface area (Å²) in [6.07, 6.45) is -3.27. The van der Waals surface area contributed by atoms with Crippen LogP contribution >= 0.6 is 0 Å². The molecule has 2 aromatic rings. The zero-order chi connectivity index (χ0) is 16.5. The third-order valence-electron chi connectivity index (χ3n) is 3.14. The first-order valence-electron chi connectivity index (χ1n) is 6.68. The third kappa shape index (κ3) is 3.15. The van der Waals surface area contributed by atoms with E-state index >= 15 is 0 Å². The maximum Gasteiger partial charge on any atom is 0.435 e. The van der Waals surface area contributed by atoms with Crippen molar-refractivity contribution >= 4 is 5.91 Å². The smallest absolute Gasteiger partial charge is 0.435 e. The summed E-state index contributed by atoms with van der Waals surface area (Å²) in [5.41, 5.74) is -1.44. The van der Waals surface area contributed by atoms with Crippen LogP contribution in [0.25, 0.3) is 0 Å². The highest BCUT2D eigenvalue weighted by molar-refractivity contribution is 5.96. The normalized spacial score (nSPS) is 12.0. The summed E-state index contributed by atoms with van der Waals surface area (Å²) in [4.78, 5) is 12.2. The molecule has 2 heterocycles. The van der Waals surface area contributed by atoms with Crippen molar-refractivity contribution < 1.29 is 22.4 Å². The molecule has 0 aliphatic rings. The average Bonchev–Trinajstić information content (AvgIpc) is 3.02. The van der Waals surface area contributed by atoms with Gasteiger partial charge in [-0.3, -0.25) is 9.48 Å². The van der Waals surface area contributed by atoms with Crippen LogP contribution in [0.2, 0.25) is 0 Å². The Morgan fingerprint density at radius 3 is 2.64 bits per heavy atom. The fourth-order valence-corrected chi connectivity index (χ4v) is 2.16. The zero-order valence-electron chi connectivity index (χ0n) is 12.4. The molecule has 1 N–H and O–H groups in total. The van der Waals surface area contributed by atoms with E-state index in [1.807, 2.05) is 0 Å². The van der Waals surface area contributed by atoms with Gasteiger partial charge in [-0.05, 0) is 32.9 Å². The number of aromatic nitrogens is 2. The quantitative estimate of drug-likeness (QED) is 0.941. The molecule has 0 bridgehead atoms. The summed E-state index contributed by atoms with van der Waals surface area (Å²) in [6.45, 7) is 4.86. The second-order valence-electron chi connectivity index (χ2n) is 5.11. The number of halogens is 3. The van der Waals surface area contributed by atoms with E-state index in [2.05, 4.69) is 10.4 Å². The first-order chi connectivity index (χ1) is 10.2. The zero-order valence-corrected chi connectivity index (χ0v) is 12.4. The first-order valence-corrected chi connectivity index (χ1v) is 6.68. The Balaban J connectivity index is 2.33. The Bertz CT molecular complexity index is 658. The van der Waals surface area contributed by atoms with Crippen molar-refractivity contribution in [2.45, 2.75) is 39.5 Å². The van der Waals surface area contributed by atoms with Crippen molar-refractivity contribution in [2.24, 2.45) is 0 Å². The van der Waals surface area contributed by atoms with Crippen LogP contribution in [0.5, 0.6) is 0 Å². The van der Waals surface area contributed by atoms with Crippen LogP contribution in [0, 0.1) is 6.92 Å². The number of hydrogen-bond acceptors (Lipinski definition) is 3. The fourth-order valence-electron chi connectivity index (χ4n) is 2.16. The van der Waals surface area contributed by atoms with Crippen LogP contribution in [0.4, 0.5) is 13.2 Å². The number of amides is 1. The highest BCUT2D eigenvalue weighted by atomic mass is 19.4. The number of rotatable bonds is 4. The lowest BCUT2D eigenvalue weighted by molar-refractivity contribution is -0.141. The van der Waals surface area contributed by atoms with Crippen molar-refractivity contribution in [1.29, 1.82) is 0 Å². The van der Waals surface area contributed by atoms with E-state index in [1.54, 1.807) is 26.0 Å². The lowest BCUT2D eigenvalue weighted by Crippen LogP contribution is -2.26. The molecule has 0 aliphatic carbocycles. The van der Waals surface area contributed by atoms with Crippen molar-refractivity contribution in [3.63, 3.8) is 0 Å². The molecule has 22 heavy (non-hydrogen) atoms. The molecule has 1 amide bonds. The van der Waals surface area contributed by atoms with Crippen molar-refractivity contribution in [3.05, 3.63) is 41.1 Å². The van der Waals surface area contributed by atoms with E-state index in [-0.39, 0.29) is 18.3 Å². The Morgan fingerprint density at radius 2 is 2.14 bits per heavy atom. The summed E-state index contributed by atoms with van der Waals surface area (Å²) in [5, 5.41) is 5.97. The molecule has 0 spiro atoms. The second-order valence-corrected chi connectivity index (χ2v) is 5.11. The minimum Gasteiger partial charge on any atom is -0.467 e. The van der Waals surface area contributed by atoms with E-state index in [4.69, 9.17) is 4.42 Å². The summed E-state index contributed by atoms with van der Waals surface area (Å²) in [6, 6.07) is 2.97. The number of hydrogen-bond donors (Lipinski definition) is 1. The van der Waals surface area contributed by atoms with Crippen LogP contribution in [0.1, 0.15) is 47.4 Å². The number of carbonyl (C=O) groups is 1. The summed E-state index contributed by atoms with van der Waals surface area (Å²) >= 11 is 0. The molecule has 2 rings (SSSR count). The molecule has 120 valence electrons. The summed E-state index contributed by atoms with van der Waals surface area (Å²) in [7, 11) is 0. The Labute approximate surface area is 125 Å². The van der Waals surface area contributed by atoms with Gasteiger partial charge in [0.1, 0.15) is 5.76 Å². The highest BCUT2D eigenvalue weighted by Gasteiger charge is 2.41. The van der Waals surface area contributed by atoms with Gasteiger partial charge in [0.15, 0.2) is 5.69 Å². The van der Waals surface area contributed by atoms with Gasteiger partial charge in [0.2, 0.25) is 0 Å². The fraction of sp³-hybridized carbons (Fsp3) is 0.429. The van der Waals surface area contributed by atoms with E-state index in [9.17, 15) is 18.0 Å². The monoisotopic (exact) mass is 315 g/mol. The van der Waals surface area contributed by atoms with E-state index < -0.39 is 23.3 Å². The molecule has 0 saturated carbocycles. The van der Waals surface area contributed by atoms with Gasteiger partial charge in [-0.15, -0.1) is 0 Å². The number of alkyl halides is 3. The molecule has 0 radical (unpaired) electrons. The Kier molecular flexibility index (Phi) is 4.30. The topological polar surface area (TPSA) is 60.1 Å². The van der Waals surface area contributed by atoms with Gasteiger partial charge >= 0.3 is 6.18 Å². The standard InChI is InChI=1S/C14H16F3N3O2/c1-8(2)20-9(3)11(12(19-20)14(15,16)17)13(21)18-7-10-5-4-6-22-10/h4-6,8H,7H2,1-3H3,(H,18,21). The first kappa shape index (κ1) is 16.1. The third-order valence-corrected chi connectivity index (χ3v) is 3.14. The molecule has 2 aromatic heterocycles. The van der Waals surface area contributed by atoms with Gasteiger partial charge in [0.25, 0.3) is 5.91 Å². The molecule has 0 saturated heterocycles. The minimum absolute atomic E-state index is 0.00935. The second kappa shape index (κ2) is 5.86. The predicted molar refractivity (Wildman–Crippen MR) is 72.2 cm³/mol. The largest absolute Gasteiger partial charge is 0.467 e. The molecule has 5 nitrogen and oxygen atoms in total. The molecule has 0 aromatic carbocycles. The van der Waals surface area contributed by atoms with Crippen LogP contribution in [-0.2, 0) is 12.7 Å². The van der Waals surface area contributed by atoms with Gasteiger partial charge in [-0.25, -0.2) is 0 Å². The molecular weight excluding hydrogens is 299 g/mol. The van der Waals surface area contributed by atoms with Crippen LogP contribution in [0.15, 0.2) is 22.8 Å². The lowest BCUT2D eigenvalue weighted by atomic mass is 10.1. The van der Waals surface area contributed by atoms with Gasteiger partial charge in [0.05, 0.1) is 18.4 Å². The van der Waals surface area contributed by atoms with Crippen molar-refractivity contribution in [1.82, 2.24) is 15.1 Å². The van der Waals surface area contributed by atoms with Crippen LogP contribution in [0.3, 0.4) is 0 Å². The maximum absolute atomic E-state index is 13.1. The molecular formula is C14H16F3N3O2. The van der Waals surface area contributed by atoms with Crippen LogP contribution in [-0.4, -0.2) is 15.7 Å². The number of nitrogens with one attached hydrogen (secondary N) is 1. The summed E-state index contributed by atoms with van der Waals surface area (Å²) in [5.74, 6) is -0.371. The number of nitrogens with zero attached hydrogens (tertiary/aromatic N) is 2. The SMILES string of the molecule is Cc1c(C(=O)NCc2ccco2)c(C(F)(F)F)nn1C(C)C. The van der Waals surface area contributed by atoms with E-state index in [0.29, 0.717) is 5.76 Å². The Hall–Kier alpha value is -2.25. The Morgan fingerprint density at radius 1 is 1.45 bits per heavy atom. The van der Waals surface area contributed by atoms with Crippen LogP contribution < -0.4 is 5.32 Å². The summed E-state index contributed by atoms with van der Waals surface area (Å²) < 4.78 is 45.5. The van der Waals surface area contributed by atoms with Crippen molar-refractivity contribution in [3.8, 4) is 0 Å². The molecule has 0 aliphatic heterocycles. The molecule has 0 unspecified atom stereocenters. The van der Waals surface area contributed by atoms with Crippen molar-refractivity contribution in [2.75, 3.05) is 0 Å². The molecule has 8 heteroatoms. The maximum atomic E-state index is 13.1. The average molecular weight is 315 g/mol. The highest BCUT2D eigenvalue weighted by Crippen LogP contribution is 2.33. The number of carbonyl (C=O) groups excluding carboxylic acids is 1. The molecule has 0 fully saturated rings. The lowest BCUT2D eigenvalue weighted by Gasteiger charge is -2.08. The van der Waals surface area contributed by atoms with Gasteiger partial charge in [-0.1, -0.05) is 0 Å².